The first kappa shape index (κ1) is 14.9. The third kappa shape index (κ3) is 4.58. The topological polar surface area (TPSA) is 54.2 Å². The minimum Gasteiger partial charge on any atom is -0.388 e. The molecule has 0 aliphatic heterocycles. The van der Waals surface area contributed by atoms with Crippen molar-refractivity contribution in [2.45, 2.75) is 19.9 Å². The second-order valence-corrected chi connectivity index (χ2v) is 5.47. The molecule has 4 nitrogen and oxygen atoms in total. The Morgan fingerprint density at radius 1 is 1.44 bits per heavy atom. The molecule has 1 atom stereocenters. The maximum atomic E-state index is 5.59. The third-order valence-corrected chi connectivity index (χ3v) is 2.91. The summed E-state index contributed by atoms with van der Waals surface area (Å²) in [6, 6.07) is 6.02. The van der Waals surface area contributed by atoms with Gasteiger partial charge in [-0.05, 0) is 32.1 Å². The standard InChI is InChI=1S/C13H22N4S/c1-9(2)11(8-17(3)4)16-12-7-5-6-10(15-12)13(14)18/h5-7,9,11H,8H2,1-4H3,(H2,14,18)(H,15,16). The van der Waals surface area contributed by atoms with Gasteiger partial charge in [0, 0.05) is 12.6 Å². The van der Waals surface area contributed by atoms with Crippen molar-refractivity contribution in [3.8, 4) is 0 Å². The number of nitrogens with one attached hydrogen (secondary N) is 1. The van der Waals surface area contributed by atoms with E-state index in [1.54, 1.807) is 0 Å². The molecule has 1 rings (SSSR count). The van der Waals surface area contributed by atoms with Crippen molar-refractivity contribution in [3.63, 3.8) is 0 Å². The quantitative estimate of drug-likeness (QED) is 0.768. The molecule has 0 bridgehead atoms. The molecule has 0 saturated carbocycles. The number of nitrogens with two attached hydrogens (primary N) is 1. The summed E-state index contributed by atoms with van der Waals surface area (Å²) in [5.41, 5.74) is 6.24. The summed E-state index contributed by atoms with van der Waals surface area (Å²) in [7, 11) is 4.13. The first-order valence-corrected chi connectivity index (χ1v) is 6.49. The van der Waals surface area contributed by atoms with Crippen LogP contribution in [0.3, 0.4) is 0 Å². The monoisotopic (exact) mass is 266 g/mol. The SMILES string of the molecule is CC(C)C(CN(C)C)Nc1cccc(C(N)=S)n1. The first-order chi connectivity index (χ1) is 8.40. The molecule has 0 radical (unpaired) electrons. The van der Waals surface area contributed by atoms with Crippen LogP contribution in [-0.4, -0.2) is 41.6 Å². The fourth-order valence-electron chi connectivity index (χ4n) is 1.66. The van der Waals surface area contributed by atoms with E-state index in [4.69, 9.17) is 18.0 Å². The van der Waals surface area contributed by atoms with Crippen molar-refractivity contribution >= 4 is 23.0 Å². The first-order valence-electron chi connectivity index (χ1n) is 6.08. The molecule has 5 heteroatoms. The molecule has 1 heterocycles. The van der Waals surface area contributed by atoms with Crippen LogP contribution in [0, 0.1) is 5.92 Å². The number of pyridine rings is 1. The van der Waals surface area contributed by atoms with E-state index in [2.05, 4.69) is 43.1 Å². The predicted octanol–water partition coefficient (Wildman–Crippen LogP) is 1.71. The number of nitrogens with zero attached hydrogens (tertiary/aromatic N) is 2. The Balaban J connectivity index is 2.80. The normalized spacial score (nSPS) is 12.8. The summed E-state index contributed by atoms with van der Waals surface area (Å²) >= 11 is 4.94. The van der Waals surface area contributed by atoms with E-state index in [1.807, 2.05) is 18.2 Å². The summed E-state index contributed by atoms with van der Waals surface area (Å²) in [6.07, 6.45) is 0. The molecule has 1 unspecified atom stereocenters. The molecule has 0 aliphatic carbocycles. The van der Waals surface area contributed by atoms with Crippen molar-refractivity contribution in [3.05, 3.63) is 23.9 Å². The van der Waals surface area contributed by atoms with Gasteiger partial charge in [0.25, 0.3) is 0 Å². The van der Waals surface area contributed by atoms with E-state index in [0.29, 0.717) is 22.6 Å². The number of anilines is 1. The molecule has 0 aliphatic rings. The van der Waals surface area contributed by atoms with Gasteiger partial charge in [-0.1, -0.05) is 32.1 Å². The average Bonchev–Trinajstić information content (AvgIpc) is 2.27. The van der Waals surface area contributed by atoms with Gasteiger partial charge in [-0.15, -0.1) is 0 Å². The molecule has 1 aromatic rings. The Bertz CT molecular complexity index is 404. The summed E-state index contributed by atoms with van der Waals surface area (Å²) in [5.74, 6) is 1.34. The molecule has 0 fully saturated rings. The lowest BCUT2D eigenvalue weighted by Crippen LogP contribution is -2.36. The van der Waals surface area contributed by atoms with Gasteiger partial charge in [0.2, 0.25) is 0 Å². The largest absolute Gasteiger partial charge is 0.388 e. The lowest BCUT2D eigenvalue weighted by molar-refractivity contribution is 0.344. The zero-order valence-corrected chi connectivity index (χ0v) is 12.3. The fraction of sp³-hybridized carbons (Fsp3) is 0.538. The molecule has 18 heavy (non-hydrogen) atoms. The van der Waals surface area contributed by atoms with Crippen molar-refractivity contribution < 1.29 is 0 Å². The smallest absolute Gasteiger partial charge is 0.127 e. The summed E-state index contributed by atoms with van der Waals surface area (Å²) in [5, 5.41) is 3.44. The molecule has 0 aromatic carbocycles. The van der Waals surface area contributed by atoms with E-state index in [-0.39, 0.29) is 0 Å². The van der Waals surface area contributed by atoms with Crippen LogP contribution in [0.1, 0.15) is 19.5 Å². The van der Waals surface area contributed by atoms with Crippen LogP contribution >= 0.6 is 12.2 Å². The zero-order chi connectivity index (χ0) is 13.7. The van der Waals surface area contributed by atoms with Crippen LogP contribution in [-0.2, 0) is 0 Å². The average molecular weight is 266 g/mol. The van der Waals surface area contributed by atoms with E-state index in [9.17, 15) is 0 Å². The van der Waals surface area contributed by atoms with Gasteiger partial charge in [0.1, 0.15) is 10.8 Å². The van der Waals surface area contributed by atoms with Crippen LogP contribution in [0.25, 0.3) is 0 Å². The second kappa shape index (κ2) is 6.66. The highest BCUT2D eigenvalue weighted by atomic mass is 32.1. The third-order valence-electron chi connectivity index (χ3n) is 2.70. The minimum atomic E-state index is 0.326. The van der Waals surface area contributed by atoms with Gasteiger partial charge in [-0.3, -0.25) is 0 Å². The Hall–Kier alpha value is -1.20. The van der Waals surface area contributed by atoms with Crippen LogP contribution in [0.4, 0.5) is 5.82 Å². The second-order valence-electron chi connectivity index (χ2n) is 5.03. The molecule has 1 aromatic heterocycles. The van der Waals surface area contributed by atoms with E-state index in [0.717, 1.165) is 12.4 Å². The highest BCUT2D eigenvalue weighted by molar-refractivity contribution is 7.80. The van der Waals surface area contributed by atoms with Gasteiger partial charge < -0.3 is 16.0 Å². The Morgan fingerprint density at radius 3 is 2.61 bits per heavy atom. The van der Waals surface area contributed by atoms with Crippen molar-refractivity contribution in [2.75, 3.05) is 26.0 Å². The number of hydrogen-bond acceptors (Lipinski definition) is 4. The molecule has 0 amide bonds. The summed E-state index contributed by atoms with van der Waals surface area (Å²) in [4.78, 5) is 6.89. The highest BCUT2D eigenvalue weighted by Crippen LogP contribution is 2.12. The lowest BCUT2D eigenvalue weighted by Gasteiger charge is -2.26. The number of rotatable bonds is 6. The molecular formula is C13H22N4S. The van der Waals surface area contributed by atoms with Gasteiger partial charge in [-0.25, -0.2) is 4.98 Å². The summed E-state index contributed by atoms with van der Waals surface area (Å²) < 4.78 is 0. The van der Waals surface area contributed by atoms with Crippen LogP contribution in [0.15, 0.2) is 18.2 Å². The lowest BCUT2D eigenvalue weighted by atomic mass is 10.0. The Kier molecular flexibility index (Phi) is 5.50. The predicted molar refractivity (Wildman–Crippen MR) is 80.9 cm³/mol. The van der Waals surface area contributed by atoms with Crippen molar-refractivity contribution in [2.24, 2.45) is 11.7 Å². The van der Waals surface area contributed by atoms with Crippen LogP contribution in [0.5, 0.6) is 0 Å². The number of thiocarbonyl (C=S) groups is 1. The highest BCUT2D eigenvalue weighted by Gasteiger charge is 2.14. The van der Waals surface area contributed by atoms with Crippen molar-refractivity contribution in [1.29, 1.82) is 0 Å². The molecule has 3 N–H and O–H groups in total. The molecule has 0 saturated heterocycles. The van der Waals surface area contributed by atoms with Gasteiger partial charge in [0.15, 0.2) is 0 Å². The maximum absolute atomic E-state index is 5.59. The number of hydrogen-bond donors (Lipinski definition) is 2. The molecule has 0 spiro atoms. The zero-order valence-electron chi connectivity index (χ0n) is 11.5. The number of aromatic nitrogens is 1. The molecular weight excluding hydrogens is 244 g/mol. The summed E-state index contributed by atoms with van der Waals surface area (Å²) in [6.45, 7) is 5.34. The van der Waals surface area contributed by atoms with E-state index >= 15 is 0 Å². The maximum Gasteiger partial charge on any atom is 0.127 e. The fourth-order valence-corrected chi connectivity index (χ4v) is 1.77. The minimum absolute atomic E-state index is 0.326. The number of likely N-dealkylation sites (N-methyl/N-ethyl adjacent to an activating group) is 1. The van der Waals surface area contributed by atoms with Gasteiger partial charge in [-0.2, -0.15) is 0 Å². The van der Waals surface area contributed by atoms with Crippen LogP contribution < -0.4 is 11.1 Å². The van der Waals surface area contributed by atoms with Crippen LogP contribution in [0.2, 0.25) is 0 Å². The van der Waals surface area contributed by atoms with Gasteiger partial charge >= 0.3 is 0 Å². The molecule has 100 valence electrons. The van der Waals surface area contributed by atoms with E-state index < -0.39 is 0 Å². The van der Waals surface area contributed by atoms with Crippen molar-refractivity contribution in [1.82, 2.24) is 9.88 Å². The Morgan fingerprint density at radius 2 is 2.11 bits per heavy atom. The Labute approximate surface area is 115 Å². The van der Waals surface area contributed by atoms with E-state index in [1.165, 1.54) is 0 Å². The van der Waals surface area contributed by atoms with Gasteiger partial charge in [0.05, 0.1) is 5.69 Å².